The Hall–Kier alpha value is -2.18. The van der Waals surface area contributed by atoms with E-state index in [9.17, 15) is 0 Å². The van der Waals surface area contributed by atoms with E-state index in [2.05, 4.69) is 30.3 Å². The summed E-state index contributed by atoms with van der Waals surface area (Å²) in [6.45, 7) is 5.58. The van der Waals surface area contributed by atoms with Crippen LogP contribution >= 0.6 is 0 Å². The second-order valence-corrected chi connectivity index (χ2v) is 2.81. The topological polar surface area (TPSA) is 0 Å². The smallest absolute Gasteiger partial charge is 0.0255 e. The van der Waals surface area contributed by atoms with Gasteiger partial charge in [0.2, 0.25) is 0 Å². The number of hydrogen-bond acceptors (Lipinski definition) is 0. The molecule has 0 N–H and O–H groups in total. The largest absolute Gasteiger partial charge is 0.0978 e. The number of allylic oxidation sites excluding steroid dienone is 3. The van der Waals surface area contributed by atoms with Crippen LogP contribution in [0.4, 0.5) is 0 Å². The van der Waals surface area contributed by atoms with Gasteiger partial charge in [0.1, 0.15) is 0 Å². The quantitative estimate of drug-likeness (QED) is 0.473. The van der Waals surface area contributed by atoms with Gasteiger partial charge in [0.05, 0.1) is 0 Å². The second kappa shape index (κ2) is 6.30. The summed E-state index contributed by atoms with van der Waals surface area (Å²) < 4.78 is 0. The van der Waals surface area contributed by atoms with Crippen LogP contribution in [0.15, 0.2) is 54.6 Å². The summed E-state index contributed by atoms with van der Waals surface area (Å²) in [6.07, 6.45) is 3.63. The molecule has 0 atom stereocenters. The lowest BCUT2D eigenvalue weighted by Crippen LogP contribution is -1.70. The van der Waals surface area contributed by atoms with Crippen LogP contribution in [0.5, 0.6) is 0 Å². The van der Waals surface area contributed by atoms with Gasteiger partial charge in [0, 0.05) is 11.1 Å². The Kier molecular flexibility index (Phi) is 4.58. The highest BCUT2D eigenvalue weighted by atomic mass is 13.8. The van der Waals surface area contributed by atoms with E-state index < -0.39 is 0 Å². The molecule has 72 valence electrons. The molecule has 0 radical (unpaired) electrons. The van der Waals surface area contributed by atoms with Crippen molar-refractivity contribution in [2.24, 2.45) is 0 Å². The summed E-state index contributed by atoms with van der Waals surface area (Å²) in [6, 6.07) is 9.79. The summed E-state index contributed by atoms with van der Waals surface area (Å²) in [4.78, 5) is 0. The Morgan fingerprint density at radius 2 is 1.93 bits per heavy atom. The van der Waals surface area contributed by atoms with Crippen LogP contribution in [0.3, 0.4) is 0 Å². The fraction of sp³-hybridized carbons (Fsp3) is 0.0667. The average Bonchev–Trinajstić information content (AvgIpc) is 2.31. The fourth-order valence-corrected chi connectivity index (χ4v) is 0.969. The zero-order valence-corrected chi connectivity index (χ0v) is 8.75. The van der Waals surface area contributed by atoms with Gasteiger partial charge >= 0.3 is 0 Å². The Morgan fingerprint density at radius 3 is 2.53 bits per heavy atom. The maximum absolute atomic E-state index is 3.65. The predicted octanol–water partition coefficient (Wildman–Crippen LogP) is 3.17. The van der Waals surface area contributed by atoms with E-state index in [0.29, 0.717) is 0 Å². The Morgan fingerprint density at radius 1 is 1.20 bits per heavy atom. The molecule has 0 unspecified atom stereocenters. The maximum atomic E-state index is 3.65. The van der Waals surface area contributed by atoms with Crippen molar-refractivity contribution >= 4 is 0 Å². The zero-order valence-electron chi connectivity index (χ0n) is 8.75. The first-order valence-corrected chi connectivity index (χ1v) is 4.72. The zero-order chi connectivity index (χ0) is 10.9. The van der Waals surface area contributed by atoms with Crippen LogP contribution in [0.1, 0.15) is 12.5 Å². The summed E-state index contributed by atoms with van der Waals surface area (Å²) >= 11 is 0. The molecule has 0 nitrogen and oxygen atoms in total. The first-order valence-electron chi connectivity index (χ1n) is 4.72. The molecule has 1 aromatic carbocycles. The maximum Gasteiger partial charge on any atom is 0.0255 e. The summed E-state index contributed by atoms with van der Waals surface area (Å²) in [7, 11) is 0. The normalized spacial score (nSPS) is 9.27. The molecule has 0 amide bonds. The highest BCUT2D eigenvalue weighted by Crippen LogP contribution is 1.94. The number of hydrogen-bond donors (Lipinski definition) is 0. The van der Waals surface area contributed by atoms with E-state index in [1.807, 2.05) is 43.3 Å². The van der Waals surface area contributed by atoms with Crippen LogP contribution in [0.25, 0.3) is 0 Å². The fourth-order valence-electron chi connectivity index (χ4n) is 0.969. The lowest BCUT2D eigenvalue weighted by atomic mass is 10.2. The molecule has 0 heteroatoms. The van der Waals surface area contributed by atoms with Crippen molar-refractivity contribution in [3.05, 3.63) is 60.2 Å². The molecule has 0 saturated carbocycles. The van der Waals surface area contributed by atoms with Gasteiger partial charge in [0.15, 0.2) is 0 Å². The van der Waals surface area contributed by atoms with E-state index in [4.69, 9.17) is 0 Å². The molecular weight excluding hydrogens is 180 g/mol. The highest BCUT2D eigenvalue weighted by molar-refractivity contribution is 5.45. The lowest BCUT2D eigenvalue weighted by Gasteiger charge is -1.84. The summed E-state index contributed by atoms with van der Waals surface area (Å²) in [5.41, 5.74) is 1.88. The Labute approximate surface area is 91.3 Å². The molecule has 0 aromatic heterocycles. The van der Waals surface area contributed by atoms with Crippen LogP contribution in [0.2, 0.25) is 0 Å². The van der Waals surface area contributed by atoms with E-state index in [1.54, 1.807) is 6.08 Å². The minimum Gasteiger partial charge on any atom is -0.0978 e. The first-order chi connectivity index (χ1) is 7.36. The standard InChI is InChI=1S/C15H12/c1-3-14(4-2)10-8-9-13-15-11-6-5-7-12-15/h3-7,11-12H,1H2,2H3/b14-4+. The van der Waals surface area contributed by atoms with Crippen LogP contribution in [-0.2, 0) is 0 Å². The monoisotopic (exact) mass is 192 g/mol. The molecule has 0 spiro atoms. The van der Waals surface area contributed by atoms with Crippen molar-refractivity contribution in [3.63, 3.8) is 0 Å². The van der Waals surface area contributed by atoms with Crippen LogP contribution in [-0.4, -0.2) is 0 Å². The molecule has 1 aromatic rings. The van der Waals surface area contributed by atoms with Gasteiger partial charge < -0.3 is 0 Å². The SMILES string of the molecule is C=C/C(C#CC#Cc1ccccc1)=C\C. The second-order valence-electron chi connectivity index (χ2n) is 2.81. The third-order valence-electron chi connectivity index (χ3n) is 1.78. The van der Waals surface area contributed by atoms with Crippen molar-refractivity contribution in [2.75, 3.05) is 0 Å². The minimum atomic E-state index is 0.900. The molecule has 0 aliphatic rings. The molecule has 0 aliphatic carbocycles. The number of rotatable bonds is 1. The van der Waals surface area contributed by atoms with Gasteiger partial charge in [-0.1, -0.05) is 48.8 Å². The molecule has 0 bridgehead atoms. The molecule has 0 saturated heterocycles. The predicted molar refractivity (Wildman–Crippen MR) is 65.1 cm³/mol. The van der Waals surface area contributed by atoms with E-state index in [-0.39, 0.29) is 0 Å². The molecule has 15 heavy (non-hydrogen) atoms. The molecule has 1 rings (SSSR count). The third-order valence-corrected chi connectivity index (χ3v) is 1.78. The molecule has 0 aliphatic heterocycles. The van der Waals surface area contributed by atoms with Crippen molar-refractivity contribution in [1.29, 1.82) is 0 Å². The van der Waals surface area contributed by atoms with Crippen molar-refractivity contribution < 1.29 is 0 Å². The van der Waals surface area contributed by atoms with E-state index in [0.717, 1.165) is 11.1 Å². The first kappa shape index (κ1) is 10.9. The molecular formula is C15H12. The molecule has 0 fully saturated rings. The Balaban J connectivity index is 2.73. The Bertz CT molecular complexity index is 468. The third kappa shape index (κ3) is 4.03. The van der Waals surface area contributed by atoms with Gasteiger partial charge in [-0.25, -0.2) is 0 Å². The van der Waals surface area contributed by atoms with E-state index in [1.165, 1.54) is 0 Å². The number of benzene rings is 1. The van der Waals surface area contributed by atoms with E-state index >= 15 is 0 Å². The van der Waals surface area contributed by atoms with Crippen molar-refractivity contribution in [2.45, 2.75) is 6.92 Å². The minimum absolute atomic E-state index is 0.900. The van der Waals surface area contributed by atoms with Crippen molar-refractivity contribution in [3.8, 4) is 23.7 Å². The van der Waals surface area contributed by atoms with Gasteiger partial charge in [-0.05, 0) is 30.9 Å². The van der Waals surface area contributed by atoms with Crippen LogP contribution < -0.4 is 0 Å². The molecule has 0 heterocycles. The summed E-state index contributed by atoms with van der Waals surface area (Å²) in [5.74, 6) is 11.5. The van der Waals surface area contributed by atoms with Gasteiger partial charge in [-0.3, -0.25) is 0 Å². The average molecular weight is 192 g/mol. The van der Waals surface area contributed by atoms with Crippen molar-refractivity contribution in [1.82, 2.24) is 0 Å². The lowest BCUT2D eigenvalue weighted by molar-refractivity contribution is 1.65. The van der Waals surface area contributed by atoms with Gasteiger partial charge in [-0.15, -0.1) is 0 Å². The highest BCUT2D eigenvalue weighted by Gasteiger charge is 1.79. The van der Waals surface area contributed by atoms with Gasteiger partial charge in [0.25, 0.3) is 0 Å². The van der Waals surface area contributed by atoms with Gasteiger partial charge in [-0.2, -0.15) is 0 Å². The summed E-state index contributed by atoms with van der Waals surface area (Å²) in [5, 5.41) is 0. The van der Waals surface area contributed by atoms with Crippen LogP contribution in [0, 0.1) is 23.7 Å².